The lowest BCUT2D eigenvalue weighted by Gasteiger charge is -2.35. The number of nitrogens with zero attached hydrogens (tertiary/aromatic N) is 3. The maximum absolute atomic E-state index is 14.0. The van der Waals surface area contributed by atoms with Gasteiger partial charge in [-0.2, -0.15) is 0 Å². The summed E-state index contributed by atoms with van der Waals surface area (Å²) in [5.74, 6) is 0.238. The highest BCUT2D eigenvalue weighted by Gasteiger charge is 2.35. The van der Waals surface area contributed by atoms with E-state index in [1.807, 2.05) is 36.4 Å². The second-order valence-electron chi connectivity index (χ2n) is 8.84. The SMILES string of the molecule is O=S(=O)(c1ccc2ccccc2c1)n1c(C2CCN3CCCC3C2)cc2cnccc21. The van der Waals surface area contributed by atoms with Crippen molar-refractivity contribution >= 4 is 31.7 Å². The van der Waals surface area contributed by atoms with Crippen LogP contribution in [0, 0.1) is 0 Å². The summed E-state index contributed by atoms with van der Waals surface area (Å²) in [6.45, 7) is 2.23. The summed E-state index contributed by atoms with van der Waals surface area (Å²) < 4.78 is 29.6. The molecular formula is C25H25N3O2S. The molecule has 0 radical (unpaired) electrons. The summed E-state index contributed by atoms with van der Waals surface area (Å²) in [6.07, 6.45) is 7.94. The van der Waals surface area contributed by atoms with Gasteiger partial charge < -0.3 is 4.90 Å². The summed E-state index contributed by atoms with van der Waals surface area (Å²) in [5, 5.41) is 2.86. The van der Waals surface area contributed by atoms with E-state index in [2.05, 4.69) is 16.0 Å². The number of hydrogen-bond donors (Lipinski definition) is 0. The van der Waals surface area contributed by atoms with Crippen molar-refractivity contribution in [1.29, 1.82) is 0 Å². The fourth-order valence-corrected chi connectivity index (χ4v) is 7.16. The molecule has 2 atom stereocenters. The number of piperidine rings is 1. The van der Waals surface area contributed by atoms with Crippen LogP contribution in [0.15, 0.2) is 71.9 Å². The van der Waals surface area contributed by atoms with Gasteiger partial charge in [0.05, 0.1) is 10.4 Å². The molecule has 4 aromatic rings. The number of benzene rings is 2. The van der Waals surface area contributed by atoms with Crippen LogP contribution in [0.4, 0.5) is 0 Å². The topological polar surface area (TPSA) is 55.2 Å². The summed E-state index contributed by atoms with van der Waals surface area (Å²) >= 11 is 0. The van der Waals surface area contributed by atoms with Crippen molar-refractivity contribution in [3.05, 3.63) is 72.7 Å². The Morgan fingerprint density at radius 1 is 0.903 bits per heavy atom. The highest BCUT2D eigenvalue weighted by molar-refractivity contribution is 7.90. The van der Waals surface area contributed by atoms with Gasteiger partial charge in [-0.05, 0) is 73.8 Å². The highest BCUT2D eigenvalue weighted by atomic mass is 32.2. The molecule has 0 aliphatic carbocycles. The molecule has 6 heteroatoms. The van der Waals surface area contributed by atoms with E-state index in [1.165, 1.54) is 19.4 Å². The van der Waals surface area contributed by atoms with Crippen molar-refractivity contribution in [2.45, 2.75) is 42.5 Å². The van der Waals surface area contributed by atoms with Crippen molar-refractivity contribution in [3.8, 4) is 0 Å². The van der Waals surface area contributed by atoms with Gasteiger partial charge in [-0.3, -0.25) is 4.98 Å². The lowest BCUT2D eigenvalue weighted by molar-refractivity contribution is 0.179. The zero-order valence-electron chi connectivity index (χ0n) is 17.3. The second-order valence-corrected chi connectivity index (χ2v) is 10.6. The van der Waals surface area contributed by atoms with E-state index in [0.717, 1.165) is 41.2 Å². The monoisotopic (exact) mass is 431 g/mol. The molecule has 0 saturated carbocycles. The van der Waals surface area contributed by atoms with Gasteiger partial charge in [-0.25, -0.2) is 12.4 Å². The van der Waals surface area contributed by atoms with Gasteiger partial charge in [0.1, 0.15) is 0 Å². The Morgan fingerprint density at radius 2 is 1.77 bits per heavy atom. The molecule has 2 fully saturated rings. The Morgan fingerprint density at radius 3 is 2.68 bits per heavy atom. The molecule has 5 nitrogen and oxygen atoms in total. The van der Waals surface area contributed by atoms with Crippen molar-refractivity contribution in [3.63, 3.8) is 0 Å². The first-order chi connectivity index (χ1) is 15.1. The van der Waals surface area contributed by atoms with Gasteiger partial charge in [0.15, 0.2) is 0 Å². The van der Waals surface area contributed by atoms with E-state index in [4.69, 9.17) is 0 Å². The maximum atomic E-state index is 14.0. The molecule has 0 N–H and O–H groups in total. The Hall–Kier alpha value is -2.70. The Balaban J connectivity index is 1.51. The van der Waals surface area contributed by atoms with Gasteiger partial charge in [0.25, 0.3) is 10.0 Å². The van der Waals surface area contributed by atoms with Crippen LogP contribution in [0.5, 0.6) is 0 Å². The summed E-state index contributed by atoms with van der Waals surface area (Å²) in [7, 11) is -3.74. The molecule has 2 aromatic carbocycles. The molecule has 4 heterocycles. The standard InChI is InChI=1S/C25H25N3O2S/c29-31(30,23-8-7-18-4-1-2-5-19(18)15-23)28-24-9-11-26-17-21(24)16-25(28)20-10-13-27-12-3-6-22(27)14-20/h1-2,4-5,7-9,11,15-17,20,22H,3,6,10,12-14H2. The van der Waals surface area contributed by atoms with Crippen molar-refractivity contribution in [2.75, 3.05) is 13.1 Å². The van der Waals surface area contributed by atoms with Gasteiger partial charge in [-0.15, -0.1) is 0 Å². The average molecular weight is 432 g/mol. The molecule has 2 aliphatic rings. The van der Waals surface area contributed by atoms with Crippen molar-refractivity contribution < 1.29 is 8.42 Å². The van der Waals surface area contributed by atoms with Gasteiger partial charge in [0.2, 0.25) is 0 Å². The Kier molecular flexibility index (Phi) is 4.40. The highest BCUT2D eigenvalue weighted by Crippen LogP contribution is 2.39. The molecule has 31 heavy (non-hydrogen) atoms. The molecule has 158 valence electrons. The van der Waals surface area contributed by atoms with Crippen LogP contribution in [-0.4, -0.2) is 41.4 Å². The normalized spacial score (nSPS) is 22.2. The third-order valence-corrected chi connectivity index (χ3v) is 8.82. The first-order valence-corrected chi connectivity index (χ1v) is 12.5. The minimum atomic E-state index is -3.74. The van der Waals surface area contributed by atoms with Crippen LogP contribution in [0.3, 0.4) is 0 Å². The number of aromatic nitrogens is 2. The Bertz CT molecular complexity index is 1390. The number of fused-ring (bicyclic) bond motifs is 3. The third kappa shape index (κ3) is 3.08. The van der Waals surface area contributed by atoms with E-state index in [0.29, 0.717) is 16.5 Å². The van der Waals surface area contributed by atoms with E-state index < -0.39 is 10.0 Å². The Labute approximate surface area is 182 Å². The number of hydrogen-bond acceptors (Lipinski definition) is 4. The fourth-order valence-electron chi connectivity index (χ4n) is 5.53. The van der Waals surface area contributed by atoms with Gasteiger partial charge >= 0.3 is 0 Å². The first-order valence-electron chi connectivity index (χ1n) is 11.0. The molecule has 2 saturated heterocycles. The molecule has 0 bridgehead atoms. The summed E-state index contributed by atoms with van der Waals surface area (Å²) in [6, 6.07) is 17.7. The lowest BCUT2D eigenvalue weighted by atomic mass is 9.88. The quantitative estimate of drug-likeness (QED) is 0.469. The smallest absolute Gasteiger partial charge is 0.268 e. The maximum Gasteiger partial charge on any atom is 0.268 e. The first kappa shape index (κ1) is 19.0. The minimum Gasteiger partial charge on any atom is -0.300 e. The molecule has 2 unspecified atom stereocenters. The van der Waals surface area contributed by atoms with Crippen LogP contribution < -0.4 is 0 Å². The van der Waals surface area contributed by atoms with Crippen LogP contribution in [0.25, 0.3) is 21.7 Å². The zero-order chi connectivity index (χ0) is 21.0. The van der Waals surface area contributed by atoms with E-state index in [1.54, 1.807) is 28.5 Å². The summed E-state index contributed by atoms with van der Waals surface area (Å²) in [5.41, 5.74) is 1.62. The van der Waals surface area contributed by atoms with Crippen LogP contribution >= 0.6 is 0 Å². The second kappa shape index (κ2) is 7.18. The van der Waals surface area contributed by atoms with Gasteiger partial charge in [0, 0.05) is 35.4 Å². The van der Waals surface area contributed by atoms with Crippen LogP contribution in [-0.2, 0) is 10.0 Å². The third-order valence-electron chi connectivity index (χ3n) is 7.08. The van der Waals surface area contributed by atoms with Gasteiger partial charge in [-0.1, -0.05) is 30.3 Å². The molecule has 0 amide bonds. The van der Waals surface area contributed by atoms with Crippen LogP contribution in [0.2, 0.25) is 0 Å². The zero-order valence-corrected chi connectivity index (χ0v) is 18.1. The average Bonchev–Trinajstić information content (AvgIpc) is 3.43. The largest absolute Gasteiger partial charge is 0.300 e. The lowest BCUT2D eigenvalue weighted by Crippen LogP contribution is -2.37. The predicted octanol–water partition coefficient (Wildman–Crippen LogP) is 4.77. The fraction of sp³-hybridized carbons (Fsp3) is 0.320. The predicted molar refractivity (Wildman–Crippen MR) is 123 cm³/mol. The molecule has 2 aliphatic heterocycles. The van der Waals surface area contributed by atoms with Crippen LogP contribution in [0.1, 0.15) is 37.3 Å². The number of pyridine rings is 1. The molecular weight excluding hydrogens is 406 g/mol. The summed E-state index contributed by atoms with van der Waals surface area (Å²) in [4.78, 5) is 7.15. The van der Waals surface area contributed by atoms with Crippen molar-refractivity contribution in [1.82, 2.24) is 13.9 Å². The van der Waals surface area contributed by atoms with E-state index in [9.17, 15) is 8.42 Å². The molecule has 6 rings (SSSR count). The van der Waals surface area contributed by atoms with E-state index in [-0.39, 0.29) is 5.92 Å². The molecule has 2 aromatic heterocycles. The molecule has 0 spiro atoms. The number of rotatable bonds is 3. The van der Waals surface area contributed by atoms with E-state index >= 15 is 0 Å². The van der Waals surface area contributed by atoms with Crippen molar-refractivity contribution in [2.24, 2.45) is 0 Å². The minimum absolute atomic E-state index is 0.238.